The number of halogens is 3. The maximum absolute atomic E-state index is 13.7. The van der Waals surface area contributed by atoms with Gasteiger partial charge in [0.25, 0.3) is 12.1 Å². The third kappa shape index (κ3) is 6.39. The number of aromatic nitrogens is 2. The lowest BCUT2D eigenvalue weighted by Gasteiger charge is -2.32. The number of aliphatic imine (C=N–C) groups is 1. The van der Waals surface area contributed by atoms with Gasteiger partial charge in [0.15, 0.2) is 0 Å². The molecule has 0 spiro atoms. The van der Waals surface area contributed by atoms with Crippen LogP contribution in [0.15, 0.2) is 94.8 Å². The molecule has 1 atom stereocenters. The summed E-state index contributed by atoms with van der Waals surface area (Å²) in [5.74, 6) is -0.460. The van der Waals surface area contributed by atoms with Crippen LogP contribution < -0.4 is 15.3 Å². The summed E-state index contributed by atoms with van der Waals surface area (Å²) in [6.45, 7) is -1.19. The molecule has 0 bridgehead atoms. The van der Waals surface area contributed by atoms with E-state index >= 15 is 0 Å². The number of fused-ring (bicyclic) bond motifs is 1. The van der Waals surface area contributed by atoms with E-state index in [9.17, 15) is 27.6 Å². The molecule has 3 heterocycles. The molecule has 4 aromatic rings. The molecule has 238 valence electrons. The van der Waals surface area contributed by atoms with Gasteiger partial charge in [-0.2, -0.15) is 13.2 Å². The number of anilines is 1. The number of piperidine rings is 1. The van der Waals surface area contributed by atoms with Crippen molar-refractivity contribution in [3.05, 3.63) is 107 Å². The molecular weight excluding hydrogens is 603 g/mol. The summed E-state index contributed by atoms with van der Waals surface area (Å²) >= 11 is 0. The van der Waals surface area contributed by atoms with E-state index in [0.29, 0.717) is 40.3 Å². The summed E-state index contributed by atoms with van der Waals surface area (Å²) in [5.41, 5.74) is 2.19. The summed E-state index contributed by atoms with van der Waals surface area (Å²) in [4.78, 5) is 49.0. The number of carbonyl (C=O) groups is 2. The fourth-order valence-corrected chi connectivity index (χ4v) is 5.76. The molecule has 0 radical (unpaired) electrons. The molecule has 3 aromatic carbocycles. The van der Waals surface area contributed by atoms with E-state index in [2.05, 4.69) is 9.98 Å². The van der Waals surface area contributed by atoms with Crippen LogP contribution in [0.25, 0.3) is 11.3 Å². The number of rotatable bonds is 6. The third-order valence-electron chi connectivity index (χ3n) is 8.01. The number of para-hydroxylation sites is 1. The minimum Gasteiger partial charge on any atom is -0.497 e. The van der Waals surface area contributed by atoms with Crippen molar-refractivity contribution in [3.63, 3.8) is 0 Å². The molecule has 6 rings (SSSR count). The largest absolute Gasteiger partial charge is 0.497 e. The lowest BCUT2D eigenvalue weighted by Crippen LogP contribution is -2.47. The van der Waals surface area contributed by atoms with E-state index in [1.54, 1.807) is 66.4 Å². The fourth-order valence-electron chi connectivity index (χ4n) is 5.76. The molecule has 0 aliphatic carbocycles. The van der Waals surface area contributed by atoms with Gasteiger partial charge >= 0.3 is 18.0 Å². The summed E-state index contributed by atoms with van der Waals surface area (Å²) < 4.78 is 53.5. The number of imidazole rings is 1. The average molecular weight is 634 g/mol. The maximum atomic E-state index is 13.7. The predicted octanol–water partition coefficient (Wildman–Crippen LogP) is 5.40. The molecule has 0 unspecified atom stereocenters. The van der Waals surface area contributed by atoms with Crippen molar-refractivity contribution in [2.45, 2.75) is 31.3 Å². The highest BCUT2D eigenvalue weighted by atomic mass is 19.4. The number of ether oxygens (including phenoxy) is 2. The van der Waals surface area contributed by atoms with Crippen molar-refractivity contribution in [2.75, 3.05) is 31.6 Å². The van der Waals surface area contributed by atoms with Gasteiger partial charge in [-0.1, -0.05) is 60.7 Å². The van der Waals surface area contributed by atoms with Gasteiger partial charge in [-0.25, -0.2) is 14.6 Å². The van der Waals surface area contributed by atoms with Crippen molar-refractivity contribution >= 4 is 23.4 Å². The van der Waals surface area contributed by atoms with Crippen molar-refractivity contribution in [3.8, 4) is 17.0 Å². The number of nitrogens with one attached hydrogen (secondary N) is 1. The first-order valence-electron chi connectivity index (χ1n) is 14.6. The summed E-state index contributed by atoms with van der Waals surface area (Å²) in [6, 6.07) is 21.9. The Bertz CT molecular complexity index is 1830. The Hall–Kier alpha value is -5.33. The topological polar surface area (TPSA) is 109 Å². The smallest absolute Gasteiger partial charge is 0.412 e. The first-order chi connectivity index (χ1) is 22.1. The highest BCUT2D eigenvalue weighted by Gasteiger charge is 2.41. The second-order valence-corrected chi connectivity index (χ2v) is 11.0. The summed E-state index contributed by atoms with van der Waals surface area (Å²) in [6.07, 6.45) is -4.91. The van der Waals surface area contributed by atoms with Crippen LogP contribution in [0, 0.1) is 0 Å². The fraction of sp³-hybridized carbons (Fsp3) is 0.273. The molecule has 13 heteroatoms. The molecule has 46 heavy (non-hydrogen) atoms. The number of hydrogen-bond acceptors (Lipinski definition) is 6. The Balaban J connectivity index is 1.21. The van der Waals surface area contributed by atoms with Gasteiger partial charge in [0.1, 0.15) is 12.3 Å². The van der Waals surface area contributed by atoms with E-state index in [4.69, 9.17) is 9.47 Å². The Morgan fingerprint density at radius 1 is 0.957 bits per heavy atom. The average Bonchev–Trinajstić information content (AvgIpc) is 3.42. The van der Waals surface area contributed by atoms with Crippen LogP contribution in [0.2, 0.25) is 0 Å². The molecule has 1 saturated heterocycles. The predicted molar refractivity (Wildman–Crippen MR) is 164 cm³/mol. The number of H-pyrrole nitrogens is 1. The van der Waals surface area contributed by atoms with Crippen LogP contribution in [-0.4, -0.2) is 71.3 Å². The summed E-state index contributed by atoms with van der Waals surface area (Å²) in [7, 11) is 1.56. The number of benzene rings is 3. The van der Waals surface area contributed by atoms with E-state index < -0.39 is 30.9 Å². The second kappa shape index (κ2) is 12.6. The molecule has 1 aromatic heterocycles. The zero-order chi connectivity index (χ0) is 32.4. The molecule has 2 aliphatic heterocycles. The Morgan fingerprint density at radius 2 is 1.65 bits per heavy atom. The second-order valence-electron chi connectivity index (χ2n) is 11.0. The van der Waals surface area contributed by atoms with Gasteiger partial charge in [0.05, 0.1) is 24.2 Å². The van der Waals surface area contributed by atoms with Gasteiger partial charge in [-0.05, 0) is 31.0 Å². The van der Waals surface area contributed by atoms with Gasteiger partial charge in [-0.3, -0.25) is 14.3 Å². The number of carbonyl (C=O) groups excluding carboxylic acids is 2. The first-order valence-corrected chi connectivity index (χ1v) is 14.6. The van der Waals surface area contributed by atoms with Crippen LogP contribution in [0.1, 0.15) is 30.0 Å². The van der Waals surface area contributed by atoms with Crippen LogP contribution in [-0.2, 0) is 9.53 Å². The van der Waals surface area contributed by atoms with Gasteiger partial charge in [0.2, 0.25) is 0 Å². The Kier molecular flexibility index (Phi) is 8.39. The molecular formula is C33H30F3N5O5. The van der Waals surface area contributed by atoms with Crippen LogP contribution in [0.3, 0.4) is 0 Å². The number of likely N-dealkylation sites (tertiary alicyclic amines) is 1. The SMILES string of the molecule is COc1cccc(-c2cn(C3CCN(C(=O)O[C@H]4N=C(c5ccccc5)c5ccccc5N(CC(F)(F)F)C4=O)CC3)c(=O)[nH]2)c1. The number of amides is 2. The minimum absolute atomic E-state index is 0.0112. The number of alkyl halides is 3. The zero-order valence-electron chi connectivity index (χ0n) is 24.7. The molecule has 0 saturated carbocycles. The van der Waals surface area contributed by atoms with E-state index in [-0.39, 0.29) is 36.2 Å². The number of nitrogens with zero attached hydrogens (tertiary/aromatic N) is 4. The van der Waals surface area contributed by atoms with E-state index in [0.717, 1.165) is 5.56 Å². The number of benzodiazepines with no additional fused rings is 1. The summed E-state index contributed by atoms with van der Waals surface area (Å²) in [5, 5.41) is 0. The quantitative estimate of drug-likeness (QED) is 0.306. The van der Waals surface area contributed by atoms with Crippen LogP contribution in [0.5, 0.6) is 5.75 Å². The minimum atomic E-state index is -4.72. The van der Waals surface area contributed by atoms with Crippen molar-refractivity contribution in [1.29, 1.82) is 0 Å². The highest BCUT2D eigenvalue weighted by molar-refractivity contribution is 6.20. The normalized spacial score (nSPS) is 17.3. The van der Waals surface area contributed by atoms with Gasteiger partial charge in [0, 0.05) is 42.0 Å². The van der Waals surface area contributed by atoms with E-state index in [1.165, 1.54) is 17.0 Å². The number of hydrogen-bond donors (Lipinski definition) is 1. The zero-order valence-corrected chi connectivity index (χ0v) is 24.7. The third-order valence-corrected chi connectivity index (χ3v) is 8.01. The van der Waals surface area contributed by atoms with Gasteiger partial charge in [-0.15, -0.1) is 0 Å². The molecule has 1 fully saturated rings. The highest BCUT2D eigenvalue weighted by Crippen LogP contribution is 2.32. The molecule has 2 aliphatic rings. The number of aromatic amines is 1. The Morgan fingerprint density at radius 3 is 2.37 bits per heavy atom. The van der Waals surface area contributed by atoms with Gasteiger partial charge < -0.3 is 19.4 Å². The molecule has 10 nitrogen and oxygen atoms in total. The number of methoxy groups -OCH3 is 1. The maximum Gasteiger partial charge on any atom is 0.412 e. The monoisotopic (exact) mass is 633 g/mol. The van der Waals surface area contributed by atoms with Crippen LogP contribution in [0.4, 0.5) is 23.7 Å². The molecule has 2 amide bonds. The lowest BCUT2D eigenvalue weighted by atomic mass is 10.0. The molecule has 1 N–H and O–H groups in total. The van der Waals surface area contributed by atoms with Crippen molar-refractivity contribution in [2.24, 2.45) is 4.99 Å². The standard InChI is InChI=1S/C33H30F3N5O5/c1-45-24-11-7-10-22(18-24)26-19-40(31(43)37-26)23-14-16-39(17-15-23)32(44)46-29-30(42)41(20-33(34,35)36)27-13-6-5-12-25(27)28(38-29)21-8-3-2-4-9-21/h2-13,18-19,23,29H,14-17,20H2,1H3,(H,37,43)/t29-/m1/s1. The first kappa shape index (κ1) is 30.7. The van der Waals surface area contributed by atoms with E-state index in [1.807, 2.05) is 18.2 Å². The lowest BCUT2D eigenvalue weighted by molar-refractivity contribution is -0.137. The Labute approximate surface area is 261 Å². The van der Waals surface area contributed by atoms with Crippen LogP contribution >= 0.6 is 0 Å². The van der Waals surface area contributed by atoms with Crippen molar-refractivity contribution < 1.29 is 32.2 Å². The van der Waals surface area contributed by atoms with Crippen molar-refractivity contribution in [1.82, 2.24) is 14.5 Å².